The Labute approximate surface area is 177 Å². The third kappa shape index (κ3) is 4.73. The van der Waals surface area contributed by atoms with Gasteiger partial charge in [-0.15, -0.1) is 0 Å². The van der Waals surface area contributed by atoms with Crippen molar-refractivity contribution in [3.05, 3.63) is 59.4 Å². The van der Waals surface area contributed by atoms with Gasteiger partial charge in [-0.1, -0.05) is 23.4 Å². The van der Waals surface area contributed by atoms with Gasteiger partial charge in [-0.3, -0.25) is 9.79 Å². The number of anilines is 2. The molecule has 1 saturated heterocycles. The van der Waals surface area contributed by atoms with Crippen LogP contribution in [0.25, 0.3) is 0 Å². The lowest BCUT2D eigenvalue weighted by Gasteiger charge is -2.24. The number of nitrogens with zero attached hydrogens (tertiary/aromatic N) is 2. The van der Waals surface area contributed by atoms with Crippen molar-refractivity contribution in [3.8, 4) is 0 Å². The summed E-state index contributed by atoms with van der Waals surface area (Å²) in [7, 11) is -3.07. The topological polar surface area (TPSA) is 78.8 Å². The number of sulfone groups is 1. The zero-order valence-corrected chi connectivity index (χ0v) is 17.5. The summed E-state index contributed by atoms with van der Waals surface area (Å²) in [6.45, 7) is -0.0307. The summed E-state index contributed by atoms with van der Waals surface area (Å²) in [5, 5.41) is 3.77. The fraction of sp³-hybridized carbons (Fsp3) is 0.263. The summed E-state index contributed by atoms with van der Waals surface area (Å²) in [5.74, 6) is -0.570. The highest BCUT2D eigenvalue weighted by Gasteiger charge is 2.44. The average Bonchev–Trinajstić information content (AvgIpc) is 3.16. The Balaban J connectivity index is 1.55. The predicted octanol–water partition coefficient (Wildman–Crippen LogP) is 3.19. The minimum absolute atomic E-state index is 0.0307. The first-order valence-corrected chi connectivity index (χ1v) is 11.9. The largest absolute Gasteiger partial charge is 0.325 e. The van der Waals surface area contributed by atoms with Crippen molar-refractivity contribution in [1.29, 1.82) is 0 Å². The number of hydrogen-bond acceptors (Lipinski definition) is 6. The molecule has 1 N–H and O–H groups in total. The van der Waals surface area contributed by atoms with Crippen LogP contribution in [0.5, 0.6) is 0 Å². The summed E-state index contributed by atoms with van der Waals surface area (Å²) in [5.41, 5.74) is 1.20. The normalized spacial score (nSPS) is 22.1. The van der Waals surface area contributed by atoms with Crippen molar-refractivity contribution in [2.75, 3.05) is 28.3 Å². The molecule has 0 aromatic heterocycles. The maximum atomic E-state index is 13.1. The van der Waals surface area contributed by atoms with Crippen LogP contribution >= 0.6 is 23.4 Å². The third-order valence-electron chi connectivity index (χ3n) is 4.60. The number of hydrogen-bond donors (Lipinski definition) is 1. The van der Waals surface area contributed by atoms with Crippen LogP contribution in [0.4, 0.5) is 15.8 Å². The number of aliphatic imine (C=N–C) groups is 1. The van der Waals surface area contributed by atoms with Crippen molar-refractivity contribution in [1.82, 2.24) is 0 Å². The van der Waals surface area contributed by atoms with Crippen LogP contribution in [-0.4, -0.2) is 48.8 Å². The molecule has 2 heterocycles. The van der Waals surface area contributed by atoms with Gasteiger partial charge in [0.2, 0.25) is 5.91 Å². The van der Waals surface area contributed by atoms with Crippen molar-refractivity contribution in [3.63, 3.8) is 0 Å². The first-order chi connectivity index (χ1) is 13.8. The SMILES string of the molecule is O=C(CN(C1=NC2CS(=O)(=O)CC2S1)c1ccc(Cl)cc1)Nc1ccc(F)cc1. The van der Waals surface area contributed by atoms with Gasteiger partial charge < -0.3 is 10.2 Å². The number of carbonyl (C=O) groups excluding carboxylic acids is 1. The zero-order chi connectivity index (χ0) is 20.6. The average molecular weight is 454 g/mol. The fourth-order valence-corrected chi connectivity index (χ4v) is 7.14. The van der Waals surface area contributed by atoms with E-state index in [4.69, 9.17) is 11.6 Å². The Morgan fingerprint density at radius 3 is 2.52 bits per heavy atom. The molecule has 4 rings (SSSR count). The third-order valence-corrected chi connectivity index (χ3v) is 8.10. The molecule has 0 radical (unpaired) electrons. The number of amides is 1. The standard InChI is InChI=1S/C19H17ClFN3O3S2/c20-12-1-7-15(8-2-12)24(9-18(25)22-14-5-3-13(21)4-6-14)19-23-16-10-29(26,27)11-17(16)28-19/h1-8,16-17H,9-11H2,(H,22,25). The molecule has 152 valence electrons. The van der Waals surface area contributed by atoms with Gasteiger partial charge >= 0.3 is 0 Å². The van der Waals surface area contributed by atoms with E-state index in [1.807, 2.05) is 0 Å². The van der Waals surface area contributed by atoms with Gasteiger partial charge in [0.1, 0.15) is 12.4 Å². The quantitative estimate of drug-likeness (QED) is 0.769. The minimum atomic E-state index is -3.07. The Kier molecular flexibility index (Phi) is 5.54. The maximum Gasteiger partial charge on any atom is 0.244 e. The summed E-state index contributed by atoms with van der Waals surface area (Å²) in [4.78, 5) is 18.9. The van der Waals surface area contributed by atoms with Crippen LogP contribution in [0.2, 0.25) is 5.02 Å². The molecular weight excluding hydrogens is 437 g/mol. The highest BCUT2D eigenvalue weighted by atomic mass is 35.5. The van der Waals surface area contributed by atoms with Crippen LogP contribution < -0.4 is 10.2 Å². The summed E-state index contributed by atoms with van der Waals surface area (Å²) in [6, 6.07) is 12.2. The Morgan fingerprint density at radius 1 is 1.17 bits per heavy atom. The number of nitrogens with one attached hydrogen (secondary N) is 1. The van der Waals surface area contributed by atoms with E-state index in [0.29, 0.717) is 15.9 Å². The molecule has 0 saturated carbocycles. The molecule has 2 aliphatic heterocycles. The van der Waals surface area contributed by atoms with E-state index >= 15 is 0 Å². The van der Waals surface area contributed by atoms with Crippen molar-refractivity contribution in [2.24, 2.45) is 4.99 Å². The highest BCUT2D eigenvalue weighted by Crippen LogP contribution is 2.37. The van der Waals surface area contributed by atoms with Crippen LogP contribution in [0.15, 0.2) is 53.5 Å². The van der Waals surface area contributed by atoms with E-state index in [0.717, 1.165) is 5.69 Å². The van der Waals surface area contributed by atoms with Gasteiger partial charge in [0.15, 0.2) is 15.0 Å². The lowest BCUT2D eigenvalue weighted by Crippen LogP contribution is -2.36. The maximum absolute atomic E-state index is 13.1. The van der Waals surface area contributed by atoms with E-state index in [9.17, 15) is 17.6 Å². The molecular formula is C19H17ClFN3O3S2. The molecule has 0 bridgehead atoms. The van der Waals surface area contributed by atoms with Gasteiger partial charge in [0, 0.05) is 21.6 Å². The molecule has 0 aliphatic carbocycles. The molecule has 29 heavy (non-hydrogen) atoms. The number of benzene rings is 2. The monoisotopic (exact) mass is 453 g/mol. The summed E-state index contributed by atoms with van der Waals surface area (Å²) < 4.78 is 36.7. The van der Waals surface area contributed by atoms with Crippen molar-refractivity contribution in [2.45, 2.75) is 11.3 Å². The molecule has 2 aliphatic rings. The number of carbonyl (C=O) groups is 1. The smallest absolute Gasteiger partial charge is 0.244 e. The van der Waals surface area contributed by atoms with Crippen LogP contribution in [0, 0.1) is 5.82 Å². The highest BCUT2D eigenvalue weighted by molar-refractivity contribution is 8.15. The summed E-state index contributed by atoms with van der Waals surface area (Å²) >= 11 is 7.36. The van der Waals surface area contributed by atoms with Gasteiger partial charge in [0.25, 0.3) is 0 Å². The van der Waals surface area contributed by atoms with Crippen molar-refractivity contribution < 1.29 is 17.6 Å². The Morgan fingerprint density at radius 2 is 1.86 bits per heavy atom. The molecule has 1 amide bonds. The number of fused-ring (bicyclic) bond motifs is 1. The number of thioether (sulfide) groups is 1. The van der Waals surface area contributed by atoms with Gasteiger partial charge in [0.05, 0.1) is 17.5 Å². The lowest BCUT2D eigenvalue weighted by atomic mass is 10.2. The van der Waals surface area contributed by atoms with Gasteiger partial charge in [-0.25, -0.2) is 12.8 Å². The van der Waals surface area contributed by atoms with E-state index in [1.165, 1.54) is 36.0 Å². The van der Waals surface area contributed by atoms with Crippen LogP contribution in [0.3, 0.4) is 0 Å². The van der Waals surface area contributed by atoms with Crippen LogP contribution in [-0.2, 0) is 14.6 Å². The molecule has 1 fully saturated rings. The zero-order valence-electron chi connectivity index (χ0n) is 15.1. The number of rotatable bonds is 4. The molecule has 6 nitrogen and oxygen atoms in total. The number of halogens is 2. The lowest BCUT2D eigenvalue weighted by molar-refractivity contribution is -0.114. The first kappa shape index (κ1) is 20.2. The van der Waals surface area contributed by atoms with E-state index in [1.54, 1.807) is 29.2 Å². The second-order valence-electron chi connectivity index (χ2n) is 6.83. The van der Waals surface area contributed by atoms with Gasteiger partial charge in [-0.05, 0) is 48.5 Å². The van der Waals surface area contributed by atoms with Crippen molar-refractivity contribution >= 4 is 55.6 Å². The minimum Gasteiger partial charge on any atom is -0.325 e. The Bertz CT molecular complexity index is 1060. The second-order valence-corrected chi connectivity index (χ2v) is 10.6. The molecule has 2 atom stereocenters. The molecule has 2 aromatic rings. The first-order valence-electron chi connectivity index (χ1n) is 8.82. The molecule has 2 unspecified atom stereocenters. The second kappa shape index (κ2) is 7.97. The van der Waals surface area contributed by atoms with Gasteiger partial charge in [-0.2, -0.15) is 0 Å². The van der Waals surface area contributed by atoms with E-state index in [2.05, 4.69) is 10.3 Å². The van der Waals surface area contributed by atoms with Crippen LogP contribution in [0.1, 0.15) is 0 Å². The summed E-state index contributed by atoms with van der Waals surface area (Å²) in [6.07, 6.45) is 0. The molecule has 2 aromatic carbocycles. The number of amidine groups is 1. The Hall–Kier alpha value is -2.10. The molecule has 0 spiro atoms. The van der Waals surface area contributed by atoms with E-state index < -0.39 is 9.84 Å². The van der Waals surface area contributed by atoms with E-state index in [-0.39, 0.29) is 41.1 Å². The predicted molar refractivity (Wildman–Crippen MR) is 115 cm³/mol. The molecule has 10 heteroatoms. The fourth-order valence-electron chi connectivity index (χ4n) is 3.24.